The largest absolute Gasteiger partial charge is 0.309 e. The van der Waals surface area contributed by atoms with Crippen LogP contribution in [0.25, 0.3) is 74.7 Å². The first-order chi connectivity index (χ1) is 25.4. The second-order valence-corrected chi connectivity index (χ2v) is 15.5. The predicted octanol–water partition coefficient (Wildman–Crippen LogP) is 15.0. The van der Waals surface area contributed by atoms with Crippen LogP contribution in [0, 0.1) is 27.7 Å². The third kappa shape index (κ3) is 4.75. The van der Waals surface area contributed by atoms with Crippen LogP contribution in [-0.2, 0) is 0 Å². The van der Waals surface area contributed by atoms with Crippen LogP contribution >= 0.6 is 11.3 Å². The molecule has 0 aliphatic rings. The van der Waals surface area contributed by atoms with Gasteiger partial charge in [0, 0.05) is 37.5 Å². The number of fused-ring (bicyclic) bond motifs is 2. The molecule has 0 radical (unpaired) electrons. The van der Waals surface area contributed by atoms with Crippen LogP contribution in [0.15, 0.2) is 152 Å². The number of nitrogens with zero attached hydrogens (tertiary/aromatic N) is 1. The molecule has 0 saturated heterocycles. The van der Waals surface area contributed by atoms with E-state index >= 15 is 0 Å². The van der Waals surface area contributed by atoms with Gasteiger partial charge in [-0.25, -0.2) is 0 Å². The molecule has 0 fully saturated rings. The van der Waals surface area contributed by atoms with Crippen molar-refractivity contribution in [2.45, 2.75) is 27.7 Å². The molecular formula is C50H37NS. The van der Waals surface area contributed by atoms with E-state index in [1.807, 2.05) is 11.3 Å². The van der Waals surface area contributed by atoms with E-state index in [1.165, 1.54) is 103 Å². The molecule has 0 aliphatic carbocycles. The number of aryl methyl sites for hydroxylation is 4. The molecule has 0 N–H and O–H groups in total. The monoisotopic (exact) mass is 683 g/mol. The van der Waals surface area contributed by atoms with Crippen LogP contribution in [0.2, 0.25) is 0 Å². The molecule has 248 valence electrons. The lowest BCUT2D eigenvalue weighted by molar-refractivity contribution is 1.29. The minimum Gasteiger partial charge on any atom is -0.309 e. The Balaban J connectivity index is 1.22. The van der Waals surface area contributed by atoms with Gasteiger partial charge < -0.3 is 4.90 Å². The molecule has 10 aromatic rings. The smallest absolute Gasteiger partial charge is 0.0618 e. The maximum atomic E-state index is 2.45. The summed E-state index contributed by atoms with van der Waals surface area (Å²) >= 11 is 1.91. The Morgan fingerprint density at radius 1 is 0.404 bits per heavy atom. The Hall–Kier alpha value is -5.96. The summed E-state index contributed by atoms with van der Waals surface area (Å²) in [5, 5.41) is 13.1. The van der Waals surface area contributed by atoms with Gasteiger partial charge in [0.05, 0.1) is 5.69 Å². The van der Waals surface area contributed by atoms with E-state index in [2.05, 4.69) is 184 Å². The summed E-state index contributed by atoms with van der Waals surface area (Å²) in [6.07, 6.45) is 0. The summed E-state index contributed by atoms with van der Waals surface area (Å²) in [6.45, 7) is 8.77. The Bertz CT molecular complexity index is 2860. The van der Waals surface area contributed by atoms with Crippen LogP contribution in [0.4, 0.5) is 17.1 Å². The van der Waals surface area contributed by atoms with Crippen molar-refractivity contribution in [1.29, 1.82) is 0 Å². The van der Waals surface area contributed by atoms with Gasteiger partial charge >= 0.3 is 0 Å². The van der Waals surface area contributed by atoms with Crippen LogP contribution in [0.3, 0.4) is 0 Å². The van der Waals surface area contributed by atoms with E-state index in [4.69, 9.17) is 0 Å². The fraction of sp³-hybridized carbons (Fsp3) is 0.0800. The van der Waals surface area contributed by atoms with E-state index in [0.29, 0.717) is 0 Å². The Labute approximate surface area is 308 Å². The zero-order valence-corrected chi connectivity index (χ0v) is 30.6. The summed E-state index contributed by atoms with van der Waals surface area (Å²) < 4.78 is 0. The fourth-order valence-electron chi connectivity index (χ4n) is 8.47. The van der Waals surface area contributed by atoms with Crippen molar-refractivity contribution >= 4 is 82.3 Å². The van der Waals surface area contributed by atoms with E-state index in [9.17, 15) is 0 Å². The molecule has 1 aromatic heterocycles. The second kappa shape index (κ2) is 11.8. The lowest BCUT2D eigenvalue weighted by Gasteiger charge is -2.29. The molecule has 1 nitrogen and oxygen atoms in total. The van der Waals surface area contributed by atoms with Gasteiger partial charge in [0.2, 0.25) is 0 Å². The summed E-state index contributed by atoms with van der Waals surface area (Å²) in [7, 11) is 0. The van der Waals surface area contributed by atoms with Crippen molar-refractivity contribution in [3.05, 3.63) is 174 Å². The molecule has 0 saturated carbocycles. The van der Waals surface area contributed by atoms with E-state index in [0.717, 1.165) is 11.4 Å². The standard InChI is InChI=1S/C50H37NS/c1-30-13-19-36(20-14-30)51(37-21-15-31(2)16-22-37)50-42-11-7-5-9-39(42)48(40-10-6-8-12-43(40)50)46-26-25-45(52-46)44-29-33(4)38-23-17-34-27-32(3)28-35-18-24-41(44)49(38)47(34)35/h5-29H,1-4H3. The fourth-order valence-corrected chi connectivity index (χ4v) is 9.58. The first kappa shape index (κ1) is 30.8. The summed E-state index contributed by atoms with van der Waals surface area (Å²) in [5.74, 6) is 0. The van der Waals surface area contributed by atoms with E-state index in [1.54, 1.807) is 0 Å². The number of benzene rings is 9. The summed E-state index contributed by atoms with van der Waals surface area (Å²) in [6, 6.07) is 56.8. The zero-order chi connectivity index (χ0) is 35.1. The van der Waals surface area contributed by atoms with Gasteiger partial charge in [-0.1, -0.05) is 120 Å². The summed E-state index contributed by atoms with van der Waals surface area (Å²) in [5.41, 5.74) is 11.2. The Morgan fingerprint density at radius 2 is 0.923 bits per heavy atom. The first-order valence-corrected chi connectivity index (χ1v) is 18.9. The lowest BCUT2D eigenvalue weighted by Crippen LogP contribution is -2.11. The molecule has 0 unspecified atom stereocenters. The Kier molecular flexibility index (Phi) is 7.00. The topological polar surface area (TPSA) is 3.24 Å². The molecule has 0 atom stereocenters. The van der Waals surface area contributed by atoms with Crippen molar-refractivity contribution < 1.29 is 0 Å². The van der Waals surface area contributed by atoms with Gasteiger partial charge in [-0.2, -0.15) is 0 Å². The van der Waals surface area contributed by atoms with Crippen LogP contribution in [0.5, 0.6) is 0 Å². The molecule has 0 spiro atoms. The van der Waals surface area contributed by atoms with Gasteiger partial charge in [0.1, 0.15) is 0 Å². The molecule has 10 rings (SSSR count). The number of rotatable bonds is 5. The van der Waals surface area contributed by atoms with Gasteiger partial charge in [0.25, 0.3) is 0 Å². The maximum absolute atomic E-state index is 2.45. The first-order valence-electron chi connectivity index (χ1n) is 18.1. The minimum atomic E-state index is 1.15. The van der Waals surface area contributed by atoms with Gasteiger partial charge in [-0.05, 0) is 130 Å². The van der Waals surface area contributed by atoms with Crippen molar-refractivity contribution in [1.82, 2.24) is 0 Å². The molecule has 0 aliphatic heterocycles. The van der Waals surface area contributed by atoms with Gasteiger partial charge in [0.15, 0.2) is 0 Å². The third-order valence-electron chi connectivity index (χ3n) is 10.9. The van der Waals surface area contributed by atoms with Crippen molar-refractivity contribution in [2.75, 3.05) is 4.90 Å². The molecular weight excluding hydrogens is 647 g/mol. The second-order valence-electron chi connectivity index (χ2n) is 14.4. The van der Waals surface area contributed by atoms with E-state index < -0.39 is 0 Å². The van der Waals surface area contributed by atoms with Crippen molar-refractivity contribution in [3.63, 3.8) is 0 Å². The van der Waals surface area contributed by atoms with Crippen molar-refractivity contribution in [2.24, 2.45) is 0 Å². The molecule has 52 heavy (non-hydrogen) atoms. The molecule has 9 aromatic carbocycles. The molecule has 0 bridgehead atoms. The third-order valence-corrected chi connectivity index (χ3v) is 12.0. The molecule has 2 heteroatoms. The normalized spacial score (nSPS) is 11.8. The SMILES string of the molecule is Cc1ccc(N(c2ccc(C)cc2)c2c3ccccc3c(-c3ccc(-c4cc(C)c5ccc6cc(C)cc7ccc4c5c67)s3)c3ccccc23)cc1. The highest BCUT2D eigenvalue weighted by Crippen LogP contribution is 2.50. The maximum Gasteiger partial charge on any atom is 0.0618 e. The van der Waals surface area contributed by atoms with Gasteiger partial charge in [-0.3, -0.25) is 0 Å². The zero-order valence-electron chi connectivity index (χ0n) is 29.8. The number of anilines is 3. The highest BCUT2D eigenvalue weighted by molar-refractivity contribution is 7.19. The Morgan fingerprint density at radius 3 is 1.50 bits per heavy atom. The van der Waals surface area contributed by atoms with Crippen LogP contribution in [-0.4, -0.2) is 0 Å². The van der Waals surface area contributed by atoms with Gasteiger partial charge in [-0.15, -0.1) is 11.3 Å². The number of thiophene rings is 1. The van der Waals surface area contributed by atoms with Crippen molar-refractivity contribution in [3.8, 4) is 20.9 Å². The summed E-state index contributed by atoms with van der Waals surface area (Å²) in [4.78, 5) is 5.03. The quantitative estimate of drug-likeness (QED) is 0.129. The number of hydrogen-bond donors (Lipinski definition) is 0. The minimum absolute atomic E-state index is 1.15. The highest BCUT2D eigenvalue weighted by atomic mass is 32.1. The van der Waals surface area contributed by atoms with Crippen LogP contribution in [0.1, 0.15) is 22.3 Å². The van der Waals surface area contributed by atoms with Crippen LogP contribution < -0.4 is 4.90 Å². The predicted molar refractivity (Wildman–Crippen MR) is 228 cm³/mol. The molecule has 0 amide bonds. The lowest BCUT2D eigenvalue weighted by atomic mass is 9.88. The average molecular weight is 684 g/mol. The highest BCUT2D eigenvalue weighted by Gasteiger charge is 2.23. The average Bonchev–Trinajstić information content (AvgIpc) is 3.65. The number of hydrogen-bond acceptors (Lipinski definition) is 2. The van der Waals surface area contributed by atoms with E-state index in [-0.39, 0.29) is 0 Å². The molecule has 1 heterocycles.